The molecule has 0 radical (unpaired) electrons. The molecule has 3 N–H and O–H groups in total. The Balaban J connectivity index is 2.10. The van der Waals surface area contributed by atoms with Gasteiger partial charge in [-0.25, -0.2) is 0 Å². The first kappa shape index (κ1) is 9.48. The fourth-order valence-corrected chi connectivity index (χ4v) is 1.01. The summed E-state index contributed by atoms with van der Waals surface area (Å²) >= 11 is 0. The summed E-state index contributed by atoms with van der Waals surface area (Å²) in [6.45, 7) is 3.84. The second-order valence-electron chi connectivity index (χ2n) is 3.35. The number of carbonyl (C=O) groups is 1. The number of carbonyl (C=O) groups excluding carboxylic acids is 1. The van der Waals surface area contributed by atoms with Crippen molar-refractivity contribution in [1.82, 2.24) is 5.32 Å². The summed E-state index contributed by atoms with van der Waals surface area (Å²) in [7, 11) is 0. The van der Waals surface area contributed by atoms with Gasteiger partial charge in [0.05, 0.1) is 19.3 Å². The highest BCUT2D eigenvalue weighted by Gasteiger charge is 2.20. The van der Waals surface area contributed by atoms with E-state index >= 15 is 0 Å². The summed E-state index contributed by atoms with van der Waals surface area (Å²) in [4.78, 5) is 11.2. The van der Waals surface area contributed by atoms with Crippen LogP contribution in [-0.4, -0.2) is 31.7 Å². The van der Waals surface area contributed by atoms with Crippen molar-refractivity contribution in [2.24, 2.45) is 11.7 Å². The maximum absolute atomic E-state index is 11.2. The molecule has 0 aliphatic carbocycles. The molecule has 0 aromatic carbocycles. The molecule has 12 heavy (non-hydrogen) atoms. The van der Waals surface area contributed by atoms with Crippen LogP contribution in [0.5, 0.6) is 0 Å². The summed E-state index contributed by atoms with van der Waals surface area (Å²) < 4.78 is 4.93. The second-order valence-corrected chi connectivity index (χ2v) is 3.35. The minimum absolute atomic E-state index is 0.0845. The van der Waals surface area contributed by atoms with Crippen molar-refractivity contribution in [3.8, 4) is 0 Å². The van der Waals surface area contributed by atoms with Gasteiger partial charge in [-0.15, -0.1) is 0 Å². The van der Waals surface area contributed by atoms with Crippen molar-refractivity contribution < 1.29 is 9.53 Å². The standard InChI is InChI=1S/C8H16N2O2/c1-6(3-9)2-8(11)10-7-4-12-5-7/h6-7H,2-5,9H2,1H3,(H,10,11). The van der Waals surface area contributed by atoms with Crippen LogP contribution in [0.3, 0.4) is 0 Å². The summed E-state index contributed by atoms with van der Waals surface area (Å²) in [5.74, 6) is 0.354. The lowest BCUT2D eigenvalue weighted by atomic mass is 10.1. The number of hydrogen-bond acceptors (Lipinski definition) is 3. The Morgan fingerprint density at radius 2 is 2.42 bits per heavy atom. The predicted molar refractivity (Wildman–Crippen MR) is 45.6 cm³/mol. The number of amides is 1. The fourth-order valence-electron chi connectivity index (χ4n) is 1.01. The van der Waals surface area contributed by atoms with E-state index in [9.17, 15) is 4.79 Å². The normalized spacial score (nSPS) is 19.8. The van der Waals surface area contributed by atoms with Crippen LogP contribution in [-0.2, 0) is 9.53 Å². The Hall–Kier alpha value is -0.610. The molecule has 1 aliphatic rings. The van der Waals surface area contributed by atoms with Gasteiger partial charge in [0, 0.05) is 6.42 Å². The maximum atomic E-state index is 11.2. The van der Waals surface area contributed by atoms with E-state index in [-0.39, 0.29) is 17.9 Å². The molecule has 1 rings (SSSR count). The number of rotatable bonds is 4. The van der Waals surface area contributed by atoms with Crippen molar-refractivity contribution >= 4 is 5.91 Å². The predicted octanol–water partition coefficient (Wildman–Crippen LogP) is -0.514. The van der Waals surface area contributed by atoms with Crippen molar-refractivity contribution in [2.45, 2.75) is 19.4 Å². The summed E-state index contributed by atoms with van der Waals surface area (Å²) in [6.07, 6.45) is 0.521. The number of nitrogens with two attached hydrogens (primary N) is 1. The van der Waals surface area contributed by atoms with Crippen molar-refractivity contribution in [1.29, 1.82) is 0 Å². The number of hydrogen-bond donors (Lipinski definition) is 2. The van der Waals surface area contributed by atoms with Crippen LogP contribution in [0.25, 0.3) is 0 Å². The quantitative estimate of drug-likeness (QED) is 0.600. The zero-order valence-corrected chi connectivity index (χ0v) is 7.38. The van der Waals surface area contributed by atoms with Gasteiger partial charge in [-0.2, -0.15) is 0 Å². The van der Waals surface area contributed by atoms with Crippen molar-refractivity contribution in [3.05, 3.63) is 0 Å². The molecular formula is C8H16N2O2. The van der Waals surface area contributed by atoms with Gasteiger partial charge in [-0.1, -0.05) is 6.92 Å². The van der Waals surface area contributed by atoms with Crippen LogP contribution in [0, 0.1) is 5.92 Å². The molecule has 1 aliphatic heterocycles. The van der Waals surface area contributed by atoms with E-state index in [1.54, 1.807) is 0 Å². The lowest BCUT2D eigenvalue weighted by Crippen LogP contribution is -2.49. The van der Waals surface area contributed by atoms with Crippen molar-refractivity contribution in [3.63, 3.8) is 0 Å². The van der Waals surface area contributed by atoms with Crippen LogP contribution in [0.2, 0.25) is 0 Å². The first-order chi connectivity index (χ1) is 5.72. The van der Waals surface area contributed by atoms with Gasteiger partial charge < -0.3 is 15.8 Å². The third-order valence-corrected chi connectivity index (χ3v) is 1.94. The Kier molecular flexibility index (Phi) is 3.49. The molecule has 70 valence electrons. The van der Waals surface area contributed by atoms with Gasteiger partial charge in [-0.3, -0.25) is 4.79 Å². The van der Waals surface area contributed by atoms with Crippen LogP contribution in [0.15, 0.2) is 0 Å². The topological polar surface area (TPSA) is 64.4 Å². The van der Waals surface area contributed by atoms with Gasteiger partial charge in [-0.05, 0) is 12.5 Å². The third kappa shape index (κ3) is 2.79. The Bertz CT molecular complexity index is 148. The third-order valence-electron chi connectivity index (χ3n) is 1.94. The second kappa shape index (κ2) is 4.42. The minimum Gasteiger partial charge on any atom is -0.377 e. The molecule has 4 nitrogen and oxygen atoms in total. The summed E-state index contributed by atoms with van der Waals surface area (Å²) in [5, 5.41) is 2.86. The molecular weight excluding hydrogens is 156 g/mol. The SMILES string of the molecule is CC(CN)CC(=O)NC1COC1. The highest BCUT2D eigenvalue weighted by atomic mass is 16.5. The molecule has 4 heteroatoms. The highest BCUT2D eigenvalue weighted by Crippen LogP contribution is 2.03. The van der Waals surface area contributed by atoms with E-state index in [1.807, 2.05) is 6.92 Å². The van der Waals surface area contributed by atoms with E-state index < -0.39 is 0 Å². The molecule has 0 bridgehead atoms. The first-order valence-electron chi connectivity index (χ1n) is 4.29. The van der Waals surface area contributed by atoms with Crippen LogP contribution in [0.1, 0.15) is 13.3 Å². The van der Waals surface area contributed by atoms with Crippen LogP contribution >= 0.6 is 0 Å². The average molecular weight is 172 g/mol. The zero-order valence-electron chi connectivity index (χ0n) is 7.38. The highest BCUT2D eigenvalue weighted by molar-refractivity contribution is 5.76. The average Bonchev–Trinajstić information content (AvgIpc) is 1.97. The molecule has 1 heterocycles. The van der Waals surface area contributed by atoms with E-state index in [2.05, 4.69) is 5.32 Å². The molecule has 0 aromatic rings. The Morgan fingerprint density at radius 3 is 2.83 bits per heavy atom. The van der Waals surface area contributed by atoms with E-state index in [0.717, 1.165) is 0 Å². The van der Waals surface area contributed by atoms with E-state index in [0.29, 0.717) is 26.2 Å². The zero-order chi connectivity index (χ0) is 8.97. The largest absolute Gasteiger partial charge is 0.377 e. The lowest BCUT2D eigenvalue weighted by Gasteiger charge is -2.27. The van der Waals surface area contributed by atoms with Gasteiger partial charge in [0.2, 0.25) is 5.91 Å². The van der Waals surface area contributed by atoms with E-state index in [1.165, 1.54) is 0 Å². The Morgan fingerprint density at radius 1 is 1.75 bits per heavy atom. The minimum atomic E-state index is 0.0845. The van der Waals surface area contributed by atoms with Crippen LogP contribution in [0.4, 0.5) is 0 Å². The van der Waals surface area contributed by atoms with Gasteiger partial charge in [0.1, 0.15) is 0 Å². The molecule has 1 unspecified atom stereocenters. The number of ether oxygens (including phenoxy) is 1. The molecule has 1 atom stereocenters. The molecule has 1 fully saturated rings. The van der Waals surface area contributed by atoms with Gasteiger partial charge in [0.15, 0.2) is 0 Å². The van der Waals surface area contributed by atoms with Gasteiger partial charge in [0.25, 0.3) is 0 Å². The first-order valence-corrected chi connectivity index (χ1v) is 4.29. The van der Waals surface area contributed by atoms with E-state index in [4.69, 9.17) is 10.5 Å². The molecule has 0 aromatic heterocycles. The summed E-state index contributed by atoms with van der Waals surface area (Å²) in [6, 6.07) is 0.238. The molecule has 0 saturated carbocycles. The fraction of sp³-hybridized carbons (Fsp3) is 0.875. The number of nitrogens with one attached hydrogen (secondary N) is 1. The van der Waals surface area contributed by atoms with Crippen molar-refractivity contribution in [2.75, 3.05) is 19.8 Å². The lowest BCUT2D eigenvalue weighted by molar-refractivity contribution is -0.126. The molecule has 1 saturated heterocycles. The summed E-state index contributed by atoms with van der Waals surface area (Å²) in [5.41, 5.74) is 5.39. The van der Waals surface area contributed by atoms with Gasteiger partial charge >= 0.3 is 0 Å². The Labute approximate surface area is 72.5 Å². The monoisotopic (exact) mass is 172 g/mol. The van der Waals surface area contributed by atoms with Crippen LogP contribution < -0.4 is 11.1 Å². The smallest absolute Gasteiger partial charge is 0.220 e. The molecule has 0 spiro atoms. The maximum Gasteiger partial charge on any atom is 0.220 e. The molecule has 1 amide bonds.